The third-order valence-electron chi connectivity index (χ3n) is 4.12. The summed E-state index contributed by atoms with van der Waals surface area (Å²) < 4.78 is 7.24. The van der Waals surface area contributed by atoms with Crippen LogP contribution in [-0.4, -0.2) is 23.5 Å². The van der Waals surface area contributed by atoms with Crippen molar-refractivity contribution < 1.29 is 14.3 Å². The molecule has 0 bridgehead atoms. The van der Waals surface area contributed by atoms with Crippen LogP contribution in [0.4, 0.5) is 11.4 Å². The maximum atomic E-state index is 12.8. The van der Waals surface area contributed by atoms with E-state index in [1.807, 2.05) is 29.1 Å². The molecule has 0 radical (unpaired) electrons. The fourth-order valence-electron chi connectivity index (χ4n) is 2.70. The summed E-state index contributed by atoms with van der Waals surface area (Å²) in [5, 5.41) is 5.99. The number of carbonyl (C=O) groups is 2. The third-order valence-corrected chi connectivity index (χ3v) is 4.42. The number of halogens is 1. The highest BCUT2D eigenvalue weighted by atomic mass is 35.5. The first-order valence-electron chi connectivity index (χ1n) is 8.74. The van der Waals surface area contributed by atoms with Crippen molar-refractivity contribution in [1.82, 2.24) is 4.57 Å². The molecule has 6 nitrogen and oxygen atoms in total. The van der Waals surface area contributed by atoms with Gasteiger partial charge >= 0.3 is 0 Å². The molecule has 0 saturated heterocycles. The second kappa shape index (κ2) is 8.63. The molecule has 0 saturated carbocycles. The number of rotatable bonds is 6. The van der Waals surface area contributed by atoms with Gasteiger partial charge in [-0.05, 0) is 36.4 Å². The summed E-state index contributed by atoms with van der Waals surface area (Å²) in [6, 6.07) is 14.0. The predicted octanol–water partition coefficient (Wildman–Crippen LogP) is 4.74. The van der Waals surface area contributed by atoms with Gasteiger partial charge in [0, 0.05) is 36.3 Å². The lowest BCUT2D eigenvalue weighted by Gasteiger charge is -2.14. The van der Waals surface area contributed by atoms with E-state index in [1.165, 1.54) is 7.11 Å². The lowest BCUT2D eigenvalue weighted by atomic mass is 10.1. The average molecular weight is 398 g/mol. The van der Waals surface area contributed by atoms with Crippen LogP contribution < -0.4 is 15.4 Å². The molecule has 0 aliphatic carbocycles. The van der Waals surface area contributed by atoms with Crippen LogP contribution in [0.3, 0.4) is 0 Å². The molecule has 0 atom stereocenters. The molecule has 28 heavy (non-hydrogen) atoms. The minimum absolute atomic E-state index is 0.0995. The van der Waals surface area contributed by atoms with Crippen molar-refractivity contribution in [3.63, 3.8) is 0 Å². The lowest BCUT2D eigenvalue weighted by molar-refractivity contribution is -0.115. The molecule has 2 aromatic carbocycles. The topological polar surface area (TPSA) is 72.4 Å². The second-order valence-corrected chi connectivity index (χ2v) is 6.44. The van der Waals surface area contributed by atoms with E-state index >= 15 is 0 Å². The van der Waals surface area contributed by atoms with E-state index in [-0.39, 0.29) is 11.8 Å². The van der Waals surface area contributed by atoms with Gasteiger partial charge in [-0.15, -0.1) is 0 Å². The van der Waals surface area contributed by atoms with Gasteiger partial charge in [0.05, 0.1) is 23.4 Å². The van der Waals surface area contributed by atoms with Crippen LogP contribution >= 0.6 is 11.6 Å². The molecule has 3 rings (SSSR count). The van der Waals surface area contributed by atoms with Gasteiger partial charge in [-0.25, -0.2) is 0 Å². The Morgan fingerprint density at radius 2 is 1.71 bits per heavy atom. The Morgan fingerprint density at radius 3 is 2.36 bits per heavy atom. The largest absolute Gasteiger partial charge is 0.496 e. The molecule has 0 fully saturated rings. The van der Waals surface area contributed by atoms with Crippen LogP contribution in [-0.2, 0) is 4.79 Å². The van der Waals surface area contributed by atoms with Crippen LogP contribution in [0, 0.1) is 0 Å². The minimum atomic E-state index is -0.364. The molecular weight excluding hydrogens is 378 g/mol. The van der Waals surface area contributed by atoms with Gasteiger partial charge < -0.3 is 19.9 Å². The Hall–Kier alpha value is -3.25. The van der Waals surface area contributed by atoms with E-state index in [9.17, 15) is 9.59 Å². The highest BCUT2D eigenvalue weighted by Gasteiger charge is 2.17. The maximum absolute atomic E-state index is 12.8. The number of aromatic nitrogens is 1. The van der Waals surface area contributed by atoms with Crippen molar-refractivity contribution in [3.8, 4) is 11.4 Å². The Balaban J connectivity index is 1.86. The standard InChI is InChI=1S/C21H20ClN3O3/c1-3-20(26)23-14-7-6-8-15(11-14)24-21(27)16-12-17(22)18(13-19(16)28-2)25-9-4-5-10-25/h4-13H,3H2,1-2H3,(H,23,26)(H,24,27). The zero-order chi connectivity index (χ0) is 20.1. The van der Waals surface area contributed by atoms with Crippen molar-refractivity contribution in [2.24, 2.45) is 0 Å². The van der Waals surface area contributed by atoms with Crippen molar-refractivity contribution in [2.45, 2.75) is 13.3 Å². The molecule has 144 valence electrons. The summed E-state index contributed by atoms with van der Waals surface area (Å²) in [5.41, 5.74) is 2.18. The Morgan fingerprint density at radius 1 is 1.04 bits per heavy atom. The van der Waals surface area contributed by atoms with Gasteiger partial charge in [0.25, 0.3) is 5.91 Å². The first-order chi connectivity index (χ1) is 13.5. The molecule has 1 aromatic heterocycles. The summed E-state index contributed by atoms with van der Waals surface area (Å²) in [5.74, 6) is -0.0599. The van der Waals surface area contributed by atoms with E-state index in [1.54, 1.807) is 43.3 Å². The van der Waals surface area contributed by atoms with Crippen molar-refractivity contribution in [1.29, 1.82) is 0 Å². The van der Waals surface area contributed by atoms with Crippen LogP contribution in [0.1, 0.15) is 23.7 Å². The minimum Gasteiger partial charge on any atom is -0.496 e. The molecule has 3 aromatic rings. The number of hydrogen-bond donors (Lipinski definition) is 2. The van der Waals surface area contributed by atoms with E-state index in [0.29, 0.717) is 39.8 Å². The number of nitrogens with one attached hydrogen (secondary N) is 2. The highest BCUT2D eigenvalue weighted by molar-refractivity contribution is 6.33. The van der Waals surface area contributed by atoms with Crippen molar-refractivity contribution in [3.05, 3.63) is 71.5 Å². The van der Waals surface area contributed by atoms with Gasteiger partial charge in [0.15, 0.2) is 0 Å². The van der Waals surface area contributed by atoms with Gasteiger partial charge in [-0.1, -0.05) is 24.6 Å². The normalized spacial score (nSPS) is 10.4. The molecule has 7 heteroatoms. The molecule has 1 heterocycles. The van der Waals surface area contributed by atoms with Crippen LogP contribution in [0.15, 0.2) is 60.9 Å². The fraction of sp³-hybridized carbons (Fsp3) is 0.143. The first-order valence-corrected chi connectivity index (χ1v) is 9.11. The Labute approximate surface area is 168 Å². The quantitative estimate of drug-likeness (QED) is 0.631. The Kier molecular flexibility index (Phi) is 6.01. The van der Waals surface area contributed by atoms with E-state index in [4.69, 9.17) is 16.3 Å². The fourth-order valence-corrected chi connectivity index (χ4v) is 2.97. The maximum Gasteiger partial charge on any atom is 0.259 e. The average Bonchev–Trinajstić information content (AvgIpc) is 3.22. The zero-order valence-electron chi connectivity index (χ0n) is 15.5. The van der Waals surface area contributed by atoms with Gasteiger partial charge in [-0.2, -0.15) is 0 Å². The van der Waals surface area contributed by atoms with Crippen molar-refractivity contribution >= 4 is 34.8 Å². The molecule has 2 amide bonds. The van der Waals surface area contributed by atoms with Crippen molar-refractivity contribution in [2.75, 3.05) is 17.7 Å². The summed E-state index contributed by atoms with van der Waals surface area (Å²) in [6.07, 6.45) is 4.09. The number of amides is 2. The zero-order valence-corrected chi connectivity index (χ0v) is 16.3. The monoisotopic (exact) mass is 397 g/mol. The number of anilines is 2. The molecule has 2 N–H and O–H groups in total. The highest BCUT2D eigenvalue weighted by Crippen LogP contribution is 2.30. The number of carbonyl (C=O) groups excluding carboxylic acids is 2. The molecule has 0 aliphatic heterocycles. The van der Waals surface area contributed by atoms with E-state index in [0.717, 1.165) is 0 Å². The van der Waals surface area contributed by atoms with Crippen LogP contribution in [0.5, 0.6) is 5.75 Å². The van der Waals surface area contributed by atoms with Gasteiger partial charge in [0.2, 0.25) is 5.91 Å². The first kappa shape index (κ1) is 19.5. The lowest BCUT2D eigenvalue weighted by Crippen LogP contribution is -2.14. The molecular formula is C21H20ClN3O3. The predicted molar refractivity (Wildman–Crippen MR) is 111 cm³/mol. The summed E-state index contributed by atoms with van der Waals surface area (Å²) in [7, 11) is 1.50. The number of hydrogen-bond acceptors (Lipinski definition) is 3. The molecule has 0 aliphatic rings. The number of methoxy groups -OCH3 is 1. The van der Waals surface area contributed by atoms with E-state index in [2.05, 4.69) is 10.6 Å². The van der Waals surface area contributed by atoms with Gasteiger partial charge in [-0.3, -0.25) is 9.59 Å². The number of benzene rings is 2. The number of ether oxygens (including phenoxy) is 1. The van der Waals surface area contributed by atoms with Gasteiger partial charge in [0.1, 0.15) is 5.75 Å². The molecule has 0 unspecified atom stereocenters. The SMILES string of the molecule is CCC(=O)Nc1cccc(NC(=O)c2cc(Cl)c(-n3cccc3)cc2OC)c1. The third kappa shape index (κ3) is 4.35. The summed E-state index contributed by atoms with van der Waals surface area (Å²) in [4.78, 5) is 24.3. The smallest absolute Gasteiger partial charge is 0.259 e. The Bertz CT molecular complexity index is 1000. The summed E-state index contributed by atoms with van der Waals surface area (Å²) >= 11 is 6.39. The summed E-state index contributed by atoms with van der Waals surface area (Å²) in [6.45, 7) is 1.77. The second-order valence-electron chi connectivity index (χ2n) is 6.03. The van der Waals surface area contributed by atoms with Crippen LogP contribution in [0.25, 0.3) is 5.69 Å². The number of nitrogens with zero attached hydrogens (tertiary/aromatic N) is 1. The van der Waals surface area contributed by atoms with Crippen LogP contribution in [0.2, 0.25) is 5.02 Å². The molecule has 0 spiro atoms. The van der Waals surface area contributed by atoms with E-state index < -0.39 is 0 Å².